The van der Waals surface area contributed by atoms with E-state index < -0.39 is 0 Å². The van der Waals surface area contributed by atoms with E-state index in [-0.39, 0.29) is 6.10 Å². The van der Waals surface area contributed by atoms with Crippen LogP contribution in [-0.4, -0.2) is 39.5 Å². The molecular formula is C17H21N5OS2. The van der Waals surface area contributed by atoms with Crippen molar-refractivity contribution in [1.82, 2.24) is 25.1 Å². The van der Waals surface area contributed by atoms with Crippen molar-refractivity contribution in [2.45, 2.75) is 42.9 Å². The minimum absolute atomic E-state index is 0.272. The van der Waals surface area contributed by atoms with Gasteiger partial charge in [-0.1, -0.05) is 23.9 Å². The predicted octanol–water partition coefficient (Wildman–Crippen LogP) is 3.08. The third kappa shape index (κ3) is 3.87. The van der Waals surface area contributed by atoms with E-state index in [2.05, 4.69) is 38.3 Å². The quantitative estimate of drug-likeness (QED) is 0.640. The molecule has 132 valence electrons. The van der Waals surface area contributed by atoms with Crippen molar-refractivity contribution in [2.24, 2.45) is 0 Å². The van der Waals surface area contributed by atoms with Gasteiger partial charge in [0.15, 0.2) is 5.16 Å². The third-order valence-corrected chi connectivity index (χ3v) is 6.40. The number of thioether (sulfide) groups is 1. The van der Waals surface area contributed by atoms with E-state index >= 15 is 0 Å². The first-order valence-electron chi connectivity index (χ1n) is 8.49. The van der Waals surface area contributed by atoms with Crippen molar-refractivity contribution in [2.75, 3.05) is 13.7 Å². The summed E-state index contributed by atoms with van der Waals surface area (Å²) in [6, 6.07) is 8.26. The number of hydrogen-bond acceptors (Lipinski definition) is 7. The number of benzene rings is 1. The summed E-state index contributed by atoms with van der Waals surface area (Å²) in [6.07, 6.45) is 2.52. The van der Waals surface area contributed by atoms with Gasteiger partial charge in [-0.25, -0.2) is 4.98 Å². The SMILES string of the molecule is CNCc1nnc(SCc2nc3ccccc3s2)n1C[C@H]1CCCO1. The largest absolute Gasteiger partial charge is 0.376 e. The minimum Gasteiger partial charge on any atom is -0.376 e. The molecule has 0 bridgehead atoms. The number of fused-ring (bicyclic) bond motifs is 1. The molecule has 1 atom stereocenters. The minimum atomic E-state index is 0.272. The summed E-state index contributed by atoms with van der Waals surface area (Å²) in [7, 11) is 1.93. The van der Waals surface area contributed by atoms with Crippen LogP contribution in [0.4, 0.5) is 0 Å². The molecule has 0 unspecified atom stereocenters. The zero-order chi connectivity index (χ0) is 17.1. The number of para-hydroxylation sites is 1. The van der Waals surface area contributed by atoms with Crippen molar-refractivity contribution >= 4 is 33.3 Å². The zero-order valence-electron chi connectivity index (χ0n) is 14.1. The Morgan fingerprint density at radius 3 is 3.08 bits per heavy atom. The van der Waals surface area contributed by atoms with Crippen molar-refractivity contribution in [3.63, 3.8) is 0 Å². The van der Waals surface area contributed by atoms with E-state index in [1.54, 1.807) is 23.1 Å². The molecule has 25 heavy (non-hydrogen) atoms. The van der Waals surface area contributed by atoms with Crippen molar-refractivity contribution in [3.8, 4) is 0 Å². The van der Waals surface area contributed by atoms with Crippen LogP contribution in [0.5, 0.6) is 0 Å². The lowest BCUT2D eigenvalue weighted by atomic mass is 10.2. The molecule has 4 rings (SSSR count). The van der Waals surface area contributed by atoms with E-state index in [4.69, 9.17) is 9.72 Å². The van der Waals surface area contributed by atoms with Crippen LogP contribution in [0.1, 0.15) is 23.7 Å². The molecule has 1 N–H and O–H groups in total. The fraction of sp³-hybridized carbons (Fsp3) is 0.471. The van der Waals surface area contributed by atoms with Gasteiger partial charge in [-0.3, -0.25) is 0 Å². The molecule has 3 aromatic rings. The molecule has 1 aliphatic heterocycles. The summed E-state index contributed by atoms with van der Waals surface area (Å²) in [5.41, 5.74) is 1.07. The molecule has 0 radical (unpaired) electrons. The van der Waals surface area contributed by atoms with Gasteiger partial charge >= 0.3 is 0 Å². The van der Waals surface area contributed by atoms with Crippen LogP contribution >= 0.6 is 23.1 Å². The zero-order valence-corrected chi connectivity index (χ0v) is 15.8. The van der Waals surface area contributed by atoms with Crippen LogP contribution in [0.2, 0.25) is 0 Å². The Kier molecular flexibility index (Phi) is 5.30. The molecule has 2 aromatic heterocycles. The molecule has 0 aliphatic carbocycles. The molecule has 1 aromatic carbocycles. The Morgan fingerprint density at radius 2 is 2.28 bits per heavy atom. The molecule has 8 heteroatoms. The van der Waals surface area contributed by atoms with Crippen molar-refractivity contribution < 1.29 is 4.74 Å². The lowest BCUT2D eigenvalue weighted by Gasteiger charge is -2.14. The summed E-state index contributed by atoms with van der Waals surface area (Å²) in [5, 5.41) is 14.0. The monoisotopic (exact) mass is 375 g/mol. The topological polar surface area (TPSA) is 64.9 Å². The first-order chi connectivity index (χ1) is 12.3. The molecule has 0 spiro atoms. The Balaban J connectivity index is 1.50. The number of rotatable bonds is 7. The van der Waals surface area contributed by atoms with Crippen LogP contribution in [0.25, 0.3) is 10.2 Å². The smallest absolute Gasteiger partial charge is 0.191 e. The van der Waals surface area contributed by atoms with Crippen LogP contribution < -0.4 is 5.32 Å². The molecule has 6 nitrogen and oxygen atoms in total. The maximum Gasteiger partial charge on any atom is 0.191 e. The normalized spacial score (nSPS) is 17.6. The Bertz CT molecular complexity index is 808. The lowest BCUT2D eigenvalue weighted by Crippen LogP contribution is -2.20. The van der Waals surface area contributed by atoms with Crippen LogP contribution in [0.3, 0.4) is 0 Å². The summed E-state index contributed by atoms with van der Waals surface area (Å²) in [4.78, 5) is 4.71. The standard InChI is InChI=1S/C17H21N5OS2/c1-18-9-15-20-21-17(22(15)10-12-5-4-8-23-12)24-11-16-19-13-6-2-3-7-14(13)25-16/h2-3,6-7,12,18H,4-5,8-11H2,1H3/t12-/m1/s1. The summed E-state index contributed by atoms with van der Waals surface area (Å²) >= 11 is 3.45. The van der Waals surface area contributed by atoms with Gasteiger partial charge in [0.1, 0.15) is 10.8 Å². The average Bonchev–Trinajstić information content (AvgIpc) is 3.35. The van der Waals surface area contributed by atoms with Gasteiger partial charge in [-0.2, -0.15) is 0 Å². The second-order valence-corrected chi connectivity index (χ2v) is 8.10. The molecule has 1 fully saturated rings. The molecule has 1 saturated heterocycles. The van der Waals surface area contributed by atoms with E-state index in [0.29, 0.717) is 6.54 Å². The number of nitrogens with one attached hydrogen (secondary N) is 1. The fourth-order valence-corrected chi connectivity index (χ4v) is 4.92. The number of aromatic nitrogens is 4. The van der Waals surface area contributed by atoms with Crippen LogP contribution in [0.15, 0.2) is 29.4 Å². The number of thiazole rings is 1. The highest BCUT2D eigenvalue weighted by Gasteiger charge is 2.21. The second-order valence-electron chi connectivity index (χ2n) is 6.04. The van der Waals surface area contributed by atoms with Gasteiger partial charge < -0.3 is 14.6 Å². The summed E-state index contributed by atoms with van der Waals surface area (Å²) < 4.78 is 9.23. The molecule has 3 heterocycles. The highest BCUT2D eigenvalue weighted by molar-refractivity contribution is 7.98. The van der Waals surface area contributed by atoms with Crippen molar-refractivity contribution in [1.29, 1.82) is 0 Å². The predicted molar refractivity (Wildman–Crippen MR) is 101 cm³/mol. The molecule has 0 amide bonds. The molecule has 1 aliphatic rings. The fourth-order valence-electron chi connectivity index (χ4n) is 3.00. The second kappa shape index (κ2) is 7.82. The van der Waals surface area contributed by atoms with Gasteiger partial charge in [-0.05, 0) is 32.0 Å². The van der Waals surface area contributed by atoms with Gasteiger partial charge in [0.2, 0.25) is 0 Å². The van der Waals surface area contributed by atoms with E-state index in [1.165, 1.54) is 4.70 Å². The molecular weight excluding hydrogens is 354 g/mol. The third-order valence-electron chi connectivity index (χ3n) is 4.20. The van der Waals surface area contributed by atoms with E-state index in [1.807, 2.05) is 13.1 Å². The Morgan fingerprint density at radius 1 is 1.36 bits per heavy atom. The Hall–Kier alpha value is -1.48. The van der Waals surface area contributed by atoms with Gasteiger partial charge in [0, 0.05) is 6.61 Å². The highest BCUT2D eigenvalue weighted by atomic mass is 32.2. The first-order valence-corrected chi connectivity index (χ1v) is 10.3. The highest BCUT2D eigenvalue weighted by Crippen LogP contribution is 2.28. The maximum absolute atomic E-state index is 5.80. The van der Waals surface area contributed by atoms with Gasteiger partial charge in [-0.15, -0.1) is 21.5 Å². The number of nitrogens with zero attached hydrogens (tertiary/aromatic N) is 4. The van der Waals surface area contributed by atoms with Crippen LogP contribution in [0, 0.1) is 0 Å². The molecule has 0 saturated carbocycles. The Labute approximate surface area is 155 Å². The number of ether oxygens (including phenoxy) is 1. The van der Waals surface area contributed by atoms with E-state index in [0.717, 1.165) is 53.3 Å². The lowest BCUT2D eigenvalue weighted by molar-refractivity contribution is 0.0941. The van der Waals surface area contributed by atoms with Crippen LogP contribution in [-0.2, 0) is 23.6 Å². The van der Waals surface area contributed by atoms with Gasteiger partial charge in [0.05, 0.1) is 35.2 Å². The summed E-state index contributed by atoms with van der Waals surface area (Å²) in [5.74, 6) is 1.77. The van der Waals surface area contributed by atoms with Crippen molar-refractivity contribution in [3.05, 3.63) is 35.1 Å². The number of hydrogen-bond donors (Lipinski definition) is 1. The summed E-state index contributed by atoms with van der Waals surface area (Å²) in [6.45, 7) is 2.40. The first kappa shape index (κ1) is 17.0. The van der Waals surface area contributed by atoms with Gasteiger partial charge in [0.25, 0.3) is 0 Å². The maximum atomic E-state index is 5.80. The average molecular weight is 376 g/mol. The van der Waals surface area contributed by atoms with E-state index in [9.17, 15) is 0 Å².